The van der Waals surface area contributed by atoms with Gasteiger partial charge >= 0.3 is 0 Å². The van der Waals surface area contributed by atoms with Crippen molar-refractivity contribution in [1.29, 1.82) is 0 Å². The van der Waals surface area contributed by atoms with Crippen molar-refractivity contribution in [2.24, 2.45) is 0 Å². The molecule has 0 fully saturated rings. The van der Waals surface area contributed by atoms with Crippen LogP contribution in [0.2, 0.25) is 0 Å². The minimum Gasteiger partial charge on any atom is -0.489 e. The number of aryl methyl sites for hydroxylation is 1. The van der Waals surface area contributed by atoms with Crippen molar-refractivity contribution in [3.8, 4) is 5.75 Å². The molecule has 0 saturated heterocycles. The minimum absolute atomic E-state index is 0.0942. The van der Waals surface area contributed by atoms with E-state index >= 15 is 0 Å². The molecule has 0 bridgehead atoms. The topological polar surface area (TPSA) is 52.4 Å². The molecule has 0 unspecified atom stereocenters. The lowest BCUT2D eigenvalue weighted by Gasteiger charge is -2.12. The van der Waals surface area contributed by atoms with Crippen LogP contribution < -0.4 is 4.74 Å². The summed E-state index contributed by atoms with van der Waals surface area (Å²) in [6.45, 7) is 6.70. The number of nitrogens with zero attached hydrogens (tertiary/aromatic N) is 1. The lowest BCUT2D eigenvalue weighted by Crippen LogP contribution is -1.99. The zero-order valence-electron chi connectivity index (χ0n) is 12.5. The number of nitro benzene ring substituents is 1. The zero-order valence-corrected chi connectivity index (χ0v) is 12.5. The lowest BCUT2D eigenvalue weighted by atomic mass is 10.0. The van der Waals surface area contributed by atoms with Crippen molar-refractivity contribution in [2.45, 2.75) is 33.3 Å². The van der Waals surface area contributed by atoms with E-state index in [1.54, 1.807) is 12.1 Å². The molecule has 0 amide bonds. The molecule has 0 aromatic heterocycles. The van der Waals surface area contributed by atoms with Gasteiger partial charge < -0.3 is 4.74 Å². The van der Waals surface area contributed by atoms with Crippen LogP contribution in [-0.2, 0) is 6.61 Å². The van der Waals surface area contributed by atoms with Crippen molar-refractivity contribution in [1.82, 2.24) is 0 Å². The summed E-state index contributed by atoms with van der Waals surface area (Å²) in [6.07, 6.45) is 0. The largest absolute Gasteiger partial charge is 0.489 e. The van der Waals surface area contributed by atoms with E-state index < -0.39 is 4.92 Å². The first-order valence-electron chi connectivity index (χ1n) is 6.94. The second kappa shape index (κ2) is 6.39. The SMILES string of the molecule is Cc1ccc(C(C)C)cc1OCc1ccc([N+](=O)[O-])cc1. The Morgan fingerprint density at radius 2 is 1.81 bits per heavy atom. The standard InChI is InChI=1S/C17H19NO3/c1-12(2)15-7-4-13(3)17(10-15)21-11-14-5-8-16(9-6-14)18(19)20/h4-10,12H,11H2,1-3H3. The molecule has 2 rings (SSSR count). The van der Waals surface area contributed by atoms with Crippen molar-refractivity contribution in [2.75, 3.05) is 0 Å². The summed E-state index contributed by atoms with van der Waals surface area (Å²) in [4.78, 5) is 10.2. The van der Waals surface area contributed by atoms with Gasteiger partial charge in [-0.2, -0.15) is 0 Å². The fourth-order valence-corrected chi connectivity index (χ4v) is 2.01. The van der Waals surface area contributed by atoms with Crippen LogP contribution in [0.1, 0.15) is 36.5 Å². The fraction of sp³-hybridized carbons (Fsp3) is 0.294. The van der Waals surface area contributed by atoms with E-state index in [1.807, 2.05) is 6.92 Å². The third-order valence-corrected chi connectivity index (χ3v) is 3.42. The molecule has 0 aliphatic heterocycles. The van der Waals surface area contributed by atoms with Crippen LogP contribution in [0.15, 0.2) is 42.5 Å². The van der Waals surface area contributed by atoms with Gasteiger partial charge in [0, 0.05) is 12.1 Å². The van der Waals surface area contributed by atoms with Gasteiger partial charge in [-0.1, -0.05) is 26.0 Å². The molecule has 0 heterocycles. The Kier molecular flexibility index (Phi) is 4.58. The predicted octanol–water partition coefficient (Wildman–Crippen LogP) is 4.61. The van der Waals surface area contributed by atoms with Gasteiger partial charge in [-0.3, -0.25) is 10.1 Å². The van der Waals surface area contributed by atoms with Crippen LogP contribution in [-0.4, -0.2) is 4.92 Å². The van der Waals surface area contributed by atoms with Gasteiger partial charge in [0.15, 0.2) is 0 Å². The lowest BCUT2D eigenvalue weighted by molar-refractivity contribution is -0.384. The summed E-state index contributed by atoms with van der Waals surface area (Å²) in [7, 11) is 0. The number of hydrogen-bond acceptors (Lipinski definition) is 3. The van der Waals surface area contributed by atoms with E-state index in [1.165, 1.54) is 17.7 Å². The summed E-state index contributed by atoms with van der Waals surface area (Å²) < 4.78 is 5.84. The Labute approximate surface area is 124 Å². The molecule has 110 valence electrons. The molecule has 0 saturated carbocycles. The summed E-state index contributed by atoms with van der Waals surface area (Å²) in [5, 5.41) is 10.6. The Bertz CT molecular complexity index is 633. The Hall–Kier alpha value is -2.36. The quantitative estimate of drug-likeness (QED) is 0.595. The third-order valence-electron chi connectivity index (χ3n) is 3.42. The highest BCUT2D eigenvalue weighted by atomic mass is 16.6. The van der Waals surface area contributed by atoms with Gasteiger partial charge in [0.05, 0.1) is 4.92 Å². The first-order chi connectivity index (χ1) is 9.97. The molecular formula is C17H19NO3. The van der Waals surface area contributed by atoms with Gasteiger partial charge in [-0.05, 0) is 47.7 Å². The van der Waals surface area contributed by atoms with Gasteiger partial charge in [-0.15, -0.1) is 0 Å². The maximum Gasteiger partial charge on any atom is 0.269 e. The van der Waals surface area contributed by atoms with E-state index in [-0.39, 0.29) is 5.69 Å². The molecule has 0 N–H and O–H groups in total. The average Bonchev–Trinajstić information content (AvgIpc) is 2.46. The first-order valence-corrected chi connectivity index (χ1v) is 6.94. The van der Waals surface area contributed by atoms with E-state index in [2.05, 4.69) is 32.0 Å². The van der Waals surface area contributed by atoms with Crippen molar-refractivity contribution >= 4 is 5.69 Å². The smallest absolute Gasteiger partial charge is 0.269 e. The highest BCUT2D eigenvalue weighted by Gasteiger charge is 2.07. The molecule has 4 heteroatoms. The second-order valence-electron chi connectivity index (χ2n) is 5.39. The van der Waals surface area contributed by atoms with Crippen LogP contribution in [0.5, 0.6) is 5.75 Å². The maximum atomic E-state index is 10.6. The molecule has 0 aliphatic carbocycles. The Morgan fingerprint density at radius 3 is 2.38 bits per heavy atom. The van der Waals surface area contributed by atoms with Crippen LogP contribution in [0.3, 0.4) is 0 Å². The summed E-state index contributed by atoms with van der Waals surface area (Å²) in [6, 6.07) is 12.7. The second-order valence-corrected chi connectivity index (χ2v) is 5.39. The number of ether oxygens (including phenoxy) is 1. The van der Waals surface area contributed by atoms with Crippen molar-refractivity contribution in [3.05, 3.63) is 69.3 Å². The molecule has 4 nitrogen and oxygen atoms in total. The number of benzene rings is 2. The van der Waals surface area contributed by atoms with Crippen molar-refractivity contribution in [3.63, 3.8) is 0 Å². The molecule has 2 aromatic rings. The molecular weight excluding hydrogens is 266 g/mol. The molecule has 2 aromatic carbocycles. The van der Waals surface area contributed by atoms with Gasteiger partial charge in [0.25, 0.3) is 5.69 Å². The summed E-state index contributed by atoms with van der Waals surface area (Å²) in [5.41, 5.74) is 3.33. The van der Waals surface area contributed by atoms with E-state index in [9.17, 15) is 10.1 Å². The van der Waals surface area contributed by atoms with Gasteiger partial charge in [-0.25, -0.2) is 0 Å². The number of hydrogen-bond donors (Lipinski definition) is 0. The molecule has 0 spiro atoms. The number of rotatable bonds is 5. The monoisotopic (exact) mass is 285 g/mol. The van der Waals surface area contributed by atoms with Crippen molar-refractivity contribution < 1.29 is 9.66 Å². The normalized spacial score (nSPS) is 10.7. The molecule has 0 radical (unpaired) electrons. The fourth-order valence-electron chi connectivity index (χ4n) is 2.01. The highest BCUT2D eigenvalue weighted by molar-refractivity contribution is 5.38. The minimum atomic E-state index is -0.402. The molecule has 0 aliphatic rings. The van der Waals surface area contributed by atoms with Gasteiger partial charge in [0.2, 0.25) is 0 Å². The maximum absolute atomic E-state index is 10.6. The zero-order chi connectivity index (χ0) is 15.4. The van der Waals surface area contributed by atoms with E-state index in [4.69, 9.17) is 4.74 Å². The third kappa shape index (κ3) is 3.81. The summed E-state index contributed by atoms with van der Waals surface area (Å²) >= 11 is 0. The van der Waals surface area contributed by atoms with Crippen LogP contribution in [0.4, 0.5) is 5.69 Å². The number of non-ortho nitro benzene ring substituents is 1. The average molecular weight is 285 g/mol. The molecule has 21 heavy (non-hydrogen) atoms. The number of nitro groups is 1. The molecule has 0 atom stereocenters. The summed E-state index contributed by atoms with van der Waals surface area (Å²) in [5.74, 6) is 1.31. The van der Waals surface area contributed by atoms with E-state index in [0.29, 0.717) is 12.5 Å². The van der Waals surface area contributed by atoms with E-state index in [0.717, 1.165) is 16.9 Å². The van der Waals surface area contributed by atoms with Crippen LogP contribution >= 0.6 is 0 Å². The van der Waals surface area contributed by atoms with Gasteiger partial charge in [0.1, 0.15) is 12.4 Å². The van der Waals surface area contributed by atoms with Crippen LogP contribution in [0, 0.1) is 17.0 Å². The Morgan fingerprint density at radius 1 is 1.14 bits per heavy atom. The predicted molar refractivity (Wildman–Crippen MR) is 82.7 cm³/mol. The highest BCUT2D eigenvalue weighted by Crippen LogP contribution is 2.25. The van der Waals surface area contributed by atoms with Crippen LogP contribution in [0.25, 0.3) is 0 Å². The Balaban J connectivity index is 2.08. The first kappa shape index (κ1) is 15.0.